The van der Waals surface area contributed by atoms with Gasteiger partial charge in [0.25, 0.3) is 0 Å². The van der Waals surface area contributed by atoms with Crippen molar-refractivity contribution in [3.63, 3.8) is 0 Å². The van der Waals surface area contributed by atoms with Gasteiger partial charge in [-0.2, -0.15) is 0 Å². The van der Waals surface area contributed by atoms with Crippen LogP contribution in [0.15, 0.2) is 36.8 Å². The molecule has 0 aliphatic carbocycles. The zero-order valence-electron chi connectivity index (χ0n) is 21.1. The number of aliphatic carboxylic acids is 2. The fraction of sp³-hybridized carbons (Fsp3) is 0.440. The average Bonchev–Trinajstić information content (AvgIpc) is 3.61. The summed E-state index contributed by atoms with van der Waals surface area (Å²) in [5.41, 5.74) is 1.02. The lowest BCUT2D eigenvalue weighted by atomic mass is 10.0. The van der Waals surface area contributed by atoms with Crippen LogP contribution in [0, 0.1) is 0 Å². The Hall–Kier alpha value is -4.46. The number of aromatic nitrogens is 2. The van der Waals surface area contributed by atoms with Gasteiger partial charge in [-0.15, -0.1) is 0 Å². The van der Waals surface area contributed by atoms with E-state index in [1.165, 1.54) is 36.8 Å². The summed E-state index contributed by atoms with van der Waals surface area (Å²) in [6.07, 6.45) is 3.36. The topological polar surface area (TPSA) is 223 Å². The molecule has 0 saturated carbocycles. The highest BCUT2D eigenvalue weighted by molar-refractivity contribution is 5.94. The molecule has 1 aliphatic heterocycles. The van der Waals surface area contributed by atoms with Crippen LogP contribution >= 0.6 is 0 Å². The molecule has 2 aromatic rings. The molecule has 39 heavy (non-hydrogen) atoms. The van der Waals surface area contributed by atoms with Crippen molar-refractivity contribution < 1.29 is 39.3 Å². The Balaban J connectivity index is 1.78. The Labute approximate surface area is 223 Å². The van der Waals surface area contributed by atoms with Crippen molar-refractivity contribution >= 4 is 29.7 Å². The number of carboxylic acid groups (broad SMARTS) is 2. The molecular weight excluding hydrogens is 512 g/mol. The number of hydrogen-bond donors (Lipinski definition) is 8. The molecule has 1 aromatic heterocycles. The second-order valence-corrected chi connectivity index (χ2v) is 9.25. The van der Waals surface area contributed by atoms with Crippen molar-refractivity contribution in [2.24, 2.45) is 0 Å². The third kappa shape index (κ3) is 9.10. The Bertz CT molecular complexity index is 1150. The lowest BCUT2D eigenvalue weighted by Gasteiger charge is -2.25. The van der Waals surface area contributed by atoms with E-state index in [2.05, 4.69) is 31.2 Å². The number of carbonyl (C=O) groups excluding carboxylic acids is 3. The fourth-order valence-electron chi connectivity index (χ4n) is 4.16. The standard InChI is InChI=1S/C25H32N6O8/c32-16-5-3-14(4-6-16)10-19(24(37)31-20(25(38)39)11-15-12-26-13-28-15)30-23(36)18(7-8-21(33)34)29-22(35)17-2-1-9-27-17/h3-6,12-13,17-20,27,32H,1-2,7-11H2,(H,26,28)(H,29,35)(H,30,36)(H,31,37)(H,33,34)(H,38,39). The second-order valence-electron chi connectivity index (χ2n) is 9.25. The van der Waals surface area contributed by atoms with Crippen LogP contribution in [-0.2, 0) is 36.8 Å². The number of rotatable bonds is 14. The minimum absolute atomic E-state index is 0.00810. The summed E-state index contributed by atoms with van der Waals surface area (Å²) in [5.74, 6) is -4.52. The first-order valence-electron chi connectivity index (χ1n) is 12.5. The van der Waals surface area contributed by atoms with E-state index in [4.69, 9.17) is 5.11 Å². The summed E-state index contributed by atoms with van der Waals surface area (Å²) in [7, 11) is 0. The maximum atomic E-state index is 13.3. The normalized spacial score (nSPS) is 17.0. The highest BCUT2D eigenvalue weighted by Gasteiger charge is 2.32. The monoisotopic (exact) mass is 544 g/mol. The van der Waals surface area contributed by atoms with E-state index in [9.17, 15) is 34.2 Å². The van der Waals surface area contributed by atoms with Crippen molar-refractivity contribution in [1.82, 2.24) is 31.2 Å². The van der Waals surface area contributed by atoms with Gasteiger partial charge in [-0.25, -0.2) is 9.78 Å². The van der Waals surface area contributed by atoms with Gasteiger partial charge in [0.1, 0.15) is 23.9 Å². The predicted molar refractivity (Wildman–Crippen MR) is 135 cm³/mol. The molecule has 3 rings (SSSR count). The number of carboxylic acids is 2. The SMILES string of the molecule is O=C(O)CCC(NC(=O)C1CCCN1)C(=O)NC(Cc1ccc(O)cc1)C(=O)NC(Cc1cnc[nH]1)C(=O)O. The van der Waals surface area contributed by atoms with Gasteiger partial charge in [0, 0.05) is 31.2 Å². The first-order valence-corrected chi connectivity index (χ1v) is 12.5. The summed E-state index contributed by atoms with van der Waals surface area (Å²) < 4.78 is 0. The van der Waals surface area contributed by atoms with Crippen LogP contribution in [0.25, 0.3) is 0 Å². The van der Waals surface area contributed by atoms with Crippen molar-refractivity contribution in [1.29, 1.82) is 0 Å². The van der Waals surface area contributed by atoms with Gasteiger partial charge in [-0.05, 0) is 43.5 Å². The van der Waals surface area contributed by atoms with Gasteiger partial charge >= 0.3 is 11.9 Å². The Morgan fingerprint density at radius 2 is 1.64 bits per heavy atom. The number of H-pyrrole nitrogens is 1. The fourth-order valence-corrected chi connectivity index (χ4v) is 4.16. The molecule has 3 amide bonds. The Morgan fingerprint density at radius 3 is 2.23 bits per heavy atom. The molecule has 1 aliphatic rings. The minimum atomic E-state index is -1.34. The molecule has 1 aromatic carbocycles. The van der Waals surface area contributed by atoms with Crippen molar-refractivity contribution in [2.45, 2.75) is 62.7 Å². The summed E-state index contributed by atoms with van der Waals surface area (Å²) in [6, 6.07) is 1.50. The molecule has 0 spiro atoms. The van der Waals surface area contributed by atoms with Crippen molar-refractivity contribution in [3.8, 4) is 5.75 Å². The molecule has 14 nitrogen and oxygen atoms in total. The van der Waals surface area contributed by atoms with E-state index >= 15 is 0 Å². The van der Waals surface area contributed by atoms with Crippen LogP contribution < -0.4 is 21.3 Å². The third-order valence-electron chi connectivity index (χ3n) is 6.26. The predicted octanol–water partition coefficient (Wildman–Crippen LogP) is -0.944. The smallest absolute Gasteiger partial charge is 0.326 e. The van der Waals surface area contributed by atoms with E-state index in [1.807, 2.05) is 0 Å². The third-order valence-corrected chi connectivity index (χ3v) is 6.26. The lowest BCUT2D eigenvalue weighted by Crippen LogP contribution is -2.57. The van der Waals surface area contributed by atoms with Crippen molar-refractivity contribution in [3.05, 3.63) is 48.0 Å². The number of hydrogen-bond acceptors (Lipinski definition) is 8. The number of nitrogens with zero attached hydrogens (tertiary/aromatic N) is 1. The number of carbonyl (C=O) groups is 5. The largest absolute Gasteiger partial charge is 0.508 e. The lowest BCUT2D eigenvalue weighted by molar-refractivity contribution is -0.142. The van der Waals surface area contributed by atoms with E-state index in [0.29, 0.717) is 24.2 Å². The van der Waals surface area contributed by atoms with E-state index in [1.54, 1.807) is 0 Å². The molecule has 210 valence electrons. The van der Waals surface area contributed by atoms with Gasteiger partial charge in [0.05, 0.1) is 12.4 Å². The number of benzene rings is 1. The average molecular weight is 545 g/mol. The molecule has 1 fully saturated rings. The Morgan fingerprint density at radius 1 is 0.949 bits per heavy atom. The van der Waals surface area contributed by atoms with E-state index in [0.717, 1.165) is 6.42 Å². The summed E-state index contributed by atoms with van der Waals surface area (Å²) in [4.78, 5) is 68.8. The van der Waals surface area contributed by atoms with Crippen LogP contribution in [0.4, 0.5) is 0 Å². The summed E-state index contributed by atoms with van der Waals surface area (Å²) in [5, 5.41) is 38.9. The summed E-state index contributed by atoms with van der Waals surface area (Å²) in [6.45, 7) is 0.641. The zero-order valence-corrected chi connectivity index (χ0v) is 21.1. The number of phenolic OH excluding ortho intramolecular Hbond substituents is 1. The molecule has 8 N–H and O–H groups in total. The highest BCUT2D eigenvalue weighted by atomic mass is 16.4. The number of amides is 3. The first-order chi connectivity index (χ1) is 18.6. The van der Waals surface area contributed by atoms with Crippen LogP contribution in [0.1, 0.15) is 36.9 Å². The number of phenols is 1. The molecule has 4 unspecified atom stereocenters. The van der Waals surface area contributed by atoms with Gasteiger partial charge in [0.15, 0.2) is 0 Å². The van der Waals surface area contributed by atoms with Crippen molar-refractivity contribution in [2.75, 3.05) is 6.54 Å². The molecule has 4 atom stereocenters. The highest BCUT2D eigenvalue weighted by Crippen LogP contribution is 2.13. The first kappa shape index (κ1) is 29.1. The molecule has 2 heterocycles. The van der Waals surface area contributed by atoms with Crippen LogP contribution in [0.5, 0.6) is 5.75 Å². The zero-order chi connectivity index (χ0) is 28.4. The minimum Gasteiger partial charge on any atom is -0.508 e. The number of aromatic amines is 1. The van der Waals surface area contributed by atoms with Crippen LogP contribution in [-0.4, -0.2) is 85.7 Å². The number of nitrogens with one attached hydrogen (secondary N) is 5. The maximum Gasteiger partial charge on any atom is 0.326 e. The molecular formula is C25H32N6O8. The number of aromatic hydroxyl groups is 1. The van der Waals surface area contributed by atoms with E-state index < -0.39 is 60.2 Å². The van der Waals surface area contributed by atoms with Crippen LogP contribution in [0.2, 0.25) is 0 Å². The van der Waals surface area contributed by atoms with Gasteiger partial charge in [-0.3, -0.25) is 19.2 Å². The molecule has 0 radical (unpaired) electrons. The van der Waals surface area contributed by atoms with Gasteiger partial charge in [0.2, 0.25) is 17.7 Å². The molecule has 0 bridgehead atoms. The maximum absolute atomic E-state index is 13.3. The van der Waals surface area contributed by atoms with Gasteiger partial charge < -0.3 is 41.6 Å². The van der Waals surface area contributed by atoms with Crippen LogP contribution in [0.3, 0.4) is 0 Å². The summed E-state index contributed by atoms with van der Waals surface area (Å²) >= 11 is 0. The van der Waals surface area contributed by atoms with Gasteiger partial charge in [-0.1, -0.05) is 12.1 Å². The Kier molecular flexibility index (Phi) is 10.4. The second kappa shape index (κ2) is 13.9. The molecule has 1 saturated heterocycles. The molecule has 14 heteroatoms. The van der Waals surface area contributed by atoms with E-state index in [-0.39, 0.29) is 25.0 Å². The number of imidazole rings is 1. The quantitative estimate of drug-likeness (QED) is 0.146.